The van der Waals surface area contributed by atoms with Crippen LogP contribution < -0.4 is 10.0 Å². The first-order valence-electron chi connectivity index (χ1n) is 12.4. The maximum Gasteiger partial charge on any atom is 0.326 e. The number of carbonyl (C=O) groups is 2. The minimum absolute atomic E-state index is 0.0359. The highest BCUT2D eigenvalue weighted by Gasteiger charge is 2.30. The van der Waals surface area contributed by atoms with Crippen molar-refractivity contribution in [2.45, 2.75) is 70.5 Å². The first-order valence-corrected chi connectivity index (χ1v) is 13.9. The SMILES string of the molecule is CCOC(=O)CCCn1ccc2c(NCC(NS(=O)(=O)c3ccccc3)C(=O)OC(C)(C)C)nc(C)nc21. The first kappa shape index (κ1) is 29.1. The summed E-state index contributed by atoms with van der Waals surface area (Å²) in [6.45, 7) is 9.43. The van der Waals surface area contributed by atoms with Crippen molar-refractivity contribution >= 4 is 38.8 Å². The maximum absolute atomic E-state index is 13.0. The molecule has 1 aromatic carbocycles. The molecule has 2 N–H and O–H groups in total. The van der Waals surface area contributed by atoms with Crippen molar-refractivity contribution in [1.29, 1.82) is 0 Å². The summed E-state index contributed by atoms with van der Waals surface area (Å²) in [6.07, 6.45) is 2.72. The summed E-state index contributed by atoms with van der Waals surface area (Å²) in [4.78, 5) is 33.7. The summed E-state index contributed by atoms with van der Waals surface area (Å²) in [6, 6.07) is 8.42. The van der Waals surface area contributed by atoms with Crippen LogP contribution in [0.5, 0.6) is 0 Å². The van der Waals surface area contributed by atoms with Crippen LogP contribution in [0.15, 0.2) is 47.5 Å². The summed E-state index contributed by atoms with van der Waals surface area (Å²) < 4.78 is 40.8. The summed E-state index contributed by atoms with van der Waals surface area (Å²) in [5.41, 5.74) is -0.157. The van der Waals surface area contributed by atoms with Crippen molar-refractivity contribution in [3.63, 3.8) is 0 Å². The first-order chi connectivity index (χ1) is 17.9. The van der Waals surface area contributed by atoms with E-state index in [0.29, 0.717) is 48.7 Å². The van der Waals surface area contributed by atoms with E-state index in [2.05, 4.69) is 20.0 Å². The van der Waals surface area contributed by atoms with Crippen LogP contribution in [0.1, 0.15) is 46.4 Å². The lowest BCUT2D eigenvalue weighted by molar-refractivity contribution is -0.156. The van der Waals surface area contributed by atoms with Gasteiger partial charge in [0.25, 0.3) is 0 Å². The summed E-state index contributed by atoms with van der Waals surface area (Å²) >= 11 is 0. The third-order valence-electron chi connectivity index (χ3n) is 5.33. The standard InChI is InChI=1S/C26H35N5O6S/c1-6-36-22(32)13-10-15-31-16-14-20-23(28-18(2)29-24(20)31)27-17-21(25(33)37-26(3,4)5)30-38(34,35)19-11-8-7-9-12-19/h7-9,11-12,14,16,21,30H,6,10,13,15,17H2,1-5H3,(H,27,28,29). The Kier molecular flexibility index (Phi) is 9.45. The summed E-state index contributed by atoms with van der Waals surface area (Å²) in [7, 11) is -4.00. The lowest BCUT2D eigenvalue weighted by atomic mass is 10.2. The Balaban J connectivity index is 1.81. The lowest BCUT2D eigenvalue weighted by Crippen LogP contribution is -2.48. The molecule has 3 aromatic rings. The molecule has 0 spiro atoms. The number of hydrogen-bond donors (Lipinski definition) is 2. The van der Waals surface area contributed by atoms with E-state index in [1.807, 2.05) is 16.8 Å². The van der Waals surface area contributed by atoms with Crippen LogP contribution in [0.2, 0.25) is 0 Å². The second-order valence-electron chi connectivity index (χ2n) is 9.68. The van der Waals surface area contributed by atoms with E-state index in [-0.39, 0.29) is 17.4 Å². The van der Waals surface area contributed by atoms with Gasteiger partial charge in [0.15, 0.2) is 0 Å². The second-order valence-corrected chi connectivity index (χ2v) is 11.4. The summed E-state index contributed by atoms with van der Waals surface area (Å²) in [5.74, 6) is -0.0283. The van der Waals surface area contributed by atoms with Gasteiger partial charge >= 0.3 is 11.9 Å². The van der Waals surface area contributed by atoms with Crippen molar-refractivity contribution in [2.24, 2.45) is 0 Å². The molecule has 0 aliphatic carbocycles. The number of nitrogens with one attached hydrogen (secondary N) is 2. The third-order valence-corrected chi connectivity index (χ3v) is 6.82. The molecule has 206 valence electrons. The molecule has 12 heteroatoms. The number of sulfonamides is 1. The highest BCUT2D eigenvalue weighted by Crippen LogP contribution is 2.23. The fourth-order valence-electron chi connectivity index (χ4n) is 3.72. The number of hydrogen-bond acceptors (Lipinski definition) is 9. The Bertz CT molecular complexity index is 1370. The van der Waals surface area contributed by atoms with Gasteiger partial charge in [-0.2, -0.15) is 4.72 Å². The predicted octanol–water partition coefficient (Wildman–Crippen LogP) is 3.18. The van der Waals surface area contributed by atoms with Gasteiger partial charge in [0.05, 0.1) is 16.9 Å². The maximum atomic E-state index is 13.0. The number of esters is 2. The molecule has 0 bridgehead atoms. The second kappa shape index (κ2) is 12.4. The van der Waals surface area contributed by atoms with Gasteiger partial charge in [-0.3, -0.25) is 9.59 Å². The van der Waals surface area contributed by atoms with Crippen LogP contribution in [0, 0.1) is 6.92 Å². The molecule has 0 amide bonds. The van der Waals surface area contributed by atoms with Crippen LogP contribution in [0.25, 0.3) is 11.0 Å². The highest BCUT2D eigenvalue weighted by molar-refractivity contribution is 7.89. The van der Waals surface area contributed by atoms with Crippen LogP contribution in [-0.4, -0.2) is 59.7 Å². The van der Waals surface area contributed by atoms with E-state index in [0.717, 1.165) is 0 Å². The molecule has 2 aromatic heterocycles. The van der Waals surface area contributed by atoms with Gasteiger partial charge < -0.3 is 19.4 Å². The number of rotatable bonds is 12. The van der Waals surface area contributed by atoms with Gasteiger partial charge in [0.2, 0.25) is 10.0 Å². The molecule has 0 aliphatic rings. The van der Waals surface area contributed by atoms with Crippen LogP contribution in [-0.2, 0) is 35.6 Å². The van der Waals surface area contributed by atoms with Crippen molar-refractivity contribution in [3.05, 3.63) is 48.4 Å². The highest BCUT2D eigenvalue weighted by atomic mass is 32.2. The molecule has 38 heavy (non-hydrogen) atoms. The normalized spacial score (nSPS) is 12.8. The van der Waals surface area contributed by atoms with E-state index in [1.165, 1.54) is 12.1 Å². The van der Waals surface area contributed by atoms with Crippen LogP contribution in [0.4, 0.5) is 5.82 Å². The van der Waals surface area contributed by atoms with E-state index >= 15 is 0 Å². The molecular formula is C26H35N5O6S. The fourth-order valence-corrected chi connectivity index (χ4v) is 4.92. The fraction of sp³-hybridized carbons (Fsp3) is 0.462. The Labute approximate surface area is 223 Å². The van der Waals surface area contributed by atoms with Gasteiger partial charge in [-0.15, -0.1) is 0 Å². The zero-order chi connectivity index (χ0) is 27.9. The number of fused-ring (bicyclic) bond motifs is 1. The average Bonchev–Trinajstić information content (AvgIpc) is 3.24. The molecular weight excluding hydrogens is 510 g/mol. The monoisotopic (exact) mass is 545 g/mol. The molecule has 11 nitrogen and oxygen atoms in total. The largest absolute Gasteiger partial charge is 0.466 e. The summed E-state index contributed by atoms with van der Waals surface area (Å²) in [5, 5.41) is 3.80. The Hall–Kier alpha value is -3.51. The molecule has 3 rings (SSSR count). The van der Waals surface area contributed by atoms with Crippen molar-refractivity contribution < 1.29 is 27.5 Å². The van der Waals surface area contributed by atoms with Crippen LogP contribution in [0.3, 0.4) is 0 Å². The number of anilines is 1. The van der Waals surface area contributed by atoms with Crippen molar-refractivity contribution in [3.8, 4) is 0 Å². The van der Waals surface area contributed by atoms with Gasteiger partial charge in [-0.25, -0.2) is 18.4 Å². The van der Waals surface area contributed by atoms with Gasteiger partial charge in [-0.1, -0.05) is 18.2 Å². The van der Waals surface area contributed by atoms with Gasteiger partial charge in [0.1, 0.15) is 28.9 Å². The average molecular weight is 546 g/mol. The zero-order valence-corrected chi connectivity index (χ0v) is 23.2. The number of nitrogens with zero attached hydrogens (tertiary/aromatic N) is 3. The van der Waals surface area contributed by atoms with Crippen LogP contribution >= 0.6 is 0 Å². The lowest BCUT2D eigenvalue weighted by Gasteiger charge is -2.25. The smallest absolute Gasteiger partial charge is 0.326 e. The van der Waals surface area contributed by atoms with Crippen molar-refractivity contribution in [2.75, 3.05) is 18.5 Å². The third kappa shape index (κ3) is 7.99. The topological polar surface area (TPSA) is 142 Å². The molecule has 1 atom stereocenters. The Morgan fingerprint density at radius 1 is 1.11 bits per heavy atom. The predicted molar refractivity (Wildman–Crippen MR) is 143 cm³/mol. The number of aromatic nitrogens is 3. The van der Waals surface area contributed by atoms with Gasteiger partial charge in [-0.05, 0) is 59.2 Å². The van der Waals surface area contributed by atoms with Crippen molar-refractivity contribution in [1.82, 2.24) is 19.3 Å². The minimum atomic E-state index is -4.00. The molecule has 0 aliphatic heterocycles. The molecule has 2 heterocycles. The Morgan fingerprint density at radius 2 is 1.82 bits per heavy atom. The van der Waals surface area contributed by atoms with Gasteiger partial charge in [0, 0.05) is 25.7 Å². The quantitative estimate of drug-likeness (QED) is 0.328. The zero-order valence-electron chi connectivity index (χ0n) is 22.4. The van der Waals surface area contributed by atoms with E-state index in [1.54, 1.807) is 52.8 Å². The molecule has 1 unspecified atom stereocenters. The molecule has 0 fully saturated rings. The van der Waals surface area contributed by atoms with E-state index in [4.69, 9.17) is 9.47 Å². The van der Waals surface area contributed by atoms with E-state index in [9.17, 15) is 18.0 Å². The molecule has 0 radical (unpaired) electrons. The number of carbonyl (C=O) groups excluding carboxylic acids is 2. The molecule has 0 saturated heterocycles. The number of aryl methyl sites for hydroxylation is 2. The molecule has 0 saturated carbocycles. The van der Waals surface area contributed by atoms with E-state index < -0.39 is 27.6 Å². The number of ether oxygens (including phenoxy) is 2. The minimum Gasteiger partial charge on any atom is -0.466 e. The Morgan fingerprint density at radius 3 is 2.47 bits per heavy atom. The number of benzene rings is 1.